The lowest BCUT2D eigenvalue weighted by Gasteiger charge is -2.25. The van der Waals surface area contributed by atoms with Crippen molar-refractivity contribution in [2.75, 3.05) is 24.6 Å². The fourth-order valence-corrected chi connectivity index (χ4v) is 4.51. The van der Waals surface area contributed by atoms with Crippen molar-refractivity contribution >= 4 is 44.9 Å². The summed E-state index contributed by atoms with van der Waals surface area (Å²) >= 11 is 12.0. The number of hydrogen-bond donors (Lipinski definition) is 0. The minimum absolute atomic E-state index is 0.0769. The molecule has 0 aliphatic rings. The largest absolute Gasteiger partial charge is 0.495 e. The number of aryl methyl sites for hydroxylation is 1. The molecule has 0 spiro atoms. The van der Waals surface area contributed by atoms with Crippen LogP contribution in [0.4, 0.5) is 5.69 Å². The monoisotopic (exact) mass is 431 g/mol. The van der Waals surface area contributed by atoms with E-state index >= 15 is 0 Å². The summed E-state index contributed by atoms with van der Waals surface area (Å²) in [6.45, 7) is 3.01. The fourth-order valence-electron chi connectivity index (χ4n) is 2.46. The highest BCUT2D eigenvalue weighted by Crippen LogP contribution is 2.32. The van der Waals surface area contributed by atoms with Gasteiger partial charge in [-0.05, 0) is 55.8 Å². The molecule has 0 saturated carbocycles. The van der Waals surface area contributed by atoms with Gasteiger partial charge in [0.1, 0.15) is 12.3 Å². The Bertz CT molecular complexity index is 947. The molecule has 0 saturated heterocycles. The van der Waals surface area contributed by atoms with Gasteiger partial charge < -0.3 is 9.47 Å². The van der Waals surface area contributed by atoms with Gasteiger partial charge in [-0.3, -0.25) is 9.10 Å². The van der Waals surface area contributed by atoms with Crippen LogP contribution in [0.25, 0.3) is 0 Å². The maximum atomic E-state index is 13.2. The Hall–Kier alpha value is -1.96. The van der Waals surface area contributed by atoms with E-state index in [-0.39, 0.29) is 16.5 Å². The number of methoxy groups -OCH3 is 1. The number of rotatable bonds is 7. The van der Waals surface area contributed by atoms with Gasteiger partial charge in [0.05, 0.1) is 29.3 Å². The maximum Gasteiger partial charge on any atom is 0.326 e. The van der Waals surface area contributed by atoms with Crippen molar-refractivity contribution in [3.8, 4) is 5.75 Å². The first-order chi connectivity index (χ1) is 12.7. The predicted octanol–water partition coefficient (Wildman–Crippen LogP) is 4.07. The third-order valence-electron chi connectivity index (χ3n) is 3.72. The molecule has 0 N–H and O–H groups in total. The first kappa shape index (κ1) is 21.3. The van der Waals surface area contributed by atoms with E-state index in [9.17, 15) is 13.2 Å². The van der Waals surface area contributed by atoms with Gasteiger partial charge in [-0.2, -0.15) is 0 Å². The normalized spacial score (nSPS) is 11.1. The molecule has 6 nitrogen and oxygen atoms in total. The van der Waals surface area contributed by atoms with Crippen LogP contribution in [0.5, 0.6) is 5.75 Å². The molecule has 0 amide bonds. The SMILES string of the molecule is CCOC(=O)CN(c1ccc(Cl)cc1C)S(=O)(=O)c1ccc(OC)c(Cl)c1. The van der Waals surface area contributed by atoms with Gasteiger partial charge in [0.25, 0.3) is 10.0 Å². The zero-order chi connectivity index (χ0) is 20.2. The maximum absolute atomic E-state index is 13.2. The van der Waals surface area contributed by atoms with Crippen LogP contribution in [-0.2, 0) is 19.6 Å². The number of ether oxygens (including phenoxy) is 2. The standard InChI is InChI=1S/C18H19Cl2NO5S/c1-4-26-18(22)11-21(16-7-5-13(19)9-12(16)2)27(23,24)14-6-8-17(25-3)15(20)10-14/h5-10H,4,11H2,1-3H3. The van der Waals surface area contributed by atoms with Gasteiger partial charge in [-0.15, -0.1) is 0 Å². The Labute approximate surface area is 168 Å². The molecule has 0 radical (unpaired) electrons. The third-order valence-corrected chi connectivity index (χ3v) is 6.00. The number of nitrogens with zero attached hydrogens (tertiary/aromatic N) is 1. The Morgan fingerprint density at radius 2 is 1.85 bits per heavy atom. The second-order valence-electron chi connectivity index (χ2n) is 5.54. The van der Waals surface area contributed by atoms with Crippen molar-refractivity contribution in [1.29, 1.82) is 0 Å². The van der Waals surface area contributed by atoms with Gasteiger partial charge in [-0.25, -0.2) is 8.42 Å². The molecule has 146 valence electrons. The van der Waals surface area contributed by atoms with Crippen molar-refractivity contribution in [3.63, 3.8) is 0 Å². The van der Waals surface area contributed by atoms with Crippen LogP contribution >= 0.6 is 23.2 Å². The van der Waals surface area contributed by atoms with Crippen molar-refractivity contribution in [2.45, 2.75) is 18.7 Å². The number of esters is 1. The minimum atomic E-state index is -4.10. The van der Waals surface area contributed by atoms with E-state index in [0.717, 1.165) is 4.31 Å². The molecule has 0 atom stereocenters. The van der Waals surface area contributed by atoms with Gasteiger partial charge in [0.2, 0.25) is 0 Å². The van der Waals surface area contributed by atoms with Crippen LogP contribution in [0.1, 0.15) is 12.5 Å². The highest BCUT2D eigenvalue weighted by atomic mass is 35.5. The summed E-state index contributed by atoms with van der Waals surface area (Å²) in [4.78, 5) is 12.0. The molecule has 9 heteroatoms. The van der Waals surface area contributed by atoms with Crippen LogP contribution in [0.2, 0.25) is 10.0 Å². The molecule has 0 unspecified atom stereocenters. The van der Waals surface area contributed by atoms with E-state index in [0.29, 0.717) is 22.0 Å². The Balaban J connectivity index is 2.57. The molecular formula is C18H19Cl2NO5S. The first-order valence-electron chi connectivity index (χ1n) is 7.98. The molecule has 0 aliphatic heterocycles. The number of halogens is 2. The molecule has 0 heterocycles. The quantitative estimate of drug-likeness (QED) is 0.617. The summed E-state index contributed by atoms with van der Waals surface area (Å²) in [6, 6.07) is 8.80. The van der Waals surface area contributed by atoms with Crippen LogP contribution in [0, 0.1) is 6.92 Å². The summed E-state index contributed by atoms with van der Waals surface area (Å²) < 4.78 is 37.5. The van der Waals surface area contributed by atoms with Crippen molar-refractivity contribution < 1.29 is 22.7 Å². The van der Waals surface area contributed by atoms with E-state index in [1.54, 1.807) is 32.0 Å². The van der Waals surface area contributed by atoms with Gasteiger partial charge in [0.15, 0.2) is 0 Å². The van der Waals surface area contributed by atoms with E-state index in [2.05, 4.69) is 0 Å². The second-order valence-corrected chi connectivity index (χ2v) is 8.25. The van der Waals surface area contributed by atoms with Crippen molar-refractivity contribution in [2.24, 2.45) is 0 Å². The van der Waals surface area contributed by atoms with E-state index in [1.807, 2.05) is 0 Å². The molecule has 2 rings (SSSR count). The lowest BCUT2D eigenvalue weighted by atomic mass is 10.2. The Morgan fingerprint density at radius 3 is 2.41 bits per heavy atom. The number of benzene rings is 2. The minimum Gasteiger partial charge on any atom is -0.495 e. The lowest BCUT2D eigenvalue weighted by molar-refractivity contribution is -0.141. The predicted molar refractivity (Wildman–Crippen MR) is 105 cm³/mol. The van der Waals surface area contributed by atoms with E-state index in [4.69, 9.17) is 32.7 Å². The van der Waals surface area contributed by atoms with Gasteiger partial charge in [-0.1, -0.05) is 23.2 Å². The Morgan fingerprint density at radius 1 is 1.15 bits per heavy atom. The highest BCUT2D eigenvalue weighted by Gasteiger charge is 2.29. The average molecular weight is 432 g/mol. The zero-order valence-electron chi connectivity index (χ0n) is 15.0. The number of carbonyl (C=O) groups is 1. The van der Waals surface area contributed by atoms with Crippen molar-refractivity contribution in [1.82, 2.24) is 0 Å². The molecule has 0 aliphatic carbocycles. The number of carbonyl (C=O) groups excluding carboxylic acids is 1. The van der Waals surface area contributed by atoms with Crippen LogP contribution in [-0.4, -0.2) is 34.6 Å². The summed E-state index contributed by atoms with van der Waals surface area (Å²) in [5.74, 6) is -0.328. The summed E-state index contributed by atoms with van der Waals surface area (Å²) in [6.07, 6.45) is 0. The van der Waals surface area contributed by atoms with E-state index in [1.165, 1.54) is 25.3 Å². The van der Waals surface area contributed by atoms with Gasteiger partial charge in [0, 0.05) is 5.02 Å². The molecule has 27 heavy (non-hydrogen) atoms. The summed E-state index contributed by atoms with van der Waals surface area (Å²) in [7, 11) is -2.67. The molecule has 0 aromatic heterocycles. The first-order valence-corrected chi connectivity index (χ1v) is 10.2. The lowest BCUT2D eigenvalue weighted by Crippen LogP contribution is -2.37. The Kier molecular flexibility index (Phi) is 6.97. The number of anilines is 1. The fraction of sp³-hybridized carbons (Fsp3) is 0.278. The smallest absolute Gasteiger partial charge is 0.326 e. The topological polar surface area (TPSA) is 72.9 Å². The summed E-state index contributed by atoms with van der Waals surface area (Å²) in [5.41, 5.74) is 0.911. The number of hydrogen-bond acceptors (Lipinski definition) is 5. The second kappa shape index (κ2) is 8.82. The average Bonchev–Trinajstić information content (AvgIpc) is 2.60. The summed E-state index contributed by atoms with van der Waals surface area (Å²) in [5, 5.41) is 0.597. The zero-order valence-corrected chi connectivity index (χ0v) is 17.4. The molecule has 0 bridgehead atoms. The van der Waals surface area contributed by atoms with Crippen LogP contribution in [0.15, 0.2) is 41.3 Å². The molecule has 2 aromatic carbocycles. The van der Waals surface area contributed by atoms with Gasteiger partial charge >= 0.3 is 5.97 Å². The van der Waals surface area contributed by atoms with Crippen LogP contribution in [0.3, 0.4) is 0 Å². The molecule has 2 aromatic rings. The molecular weight excluding hydrogens is 413 g/mol. The molecule has 0 fully saturated rings. The van der Waals surface area contributed by atoms with Crippen LogP contribution < -0.4 is 9.04 Å². The van der Waals surface area contributed by atoms with E-state index < -0.39 is 22.5 Å². The highest BCUT2D eigenvalue weighted by molar-refractivity contribution is 7.92. The number of sulfonamides is 1. The van der Waals surface area contributed by atoms with Crippen molar-refractivity contribution in [3.05, 3.63) is 52.0 Å². The third kappa shape index (κ3) is 4.86.